The molecule has 1 unspecified atom stereocenters. The minimum Gasteiger partial charge on any atom is -0.305 e. The molecule has 0 aliphatic carbocycles. The summed E-state index contributed by atoms with van der Waals surface area (Å²) in [4.78, 5) is 4.62. The van der Waals surface area contributed by atoms with E-state index in [0.29, 0.717) is 0 Å². The van der Waals surface area contributed by atoms with Crippen LogP contribution in [-0.2, 0) is 12.8 Å². The molecule has 0 radical (unpaired) electrons. The molecule has 2 rings (SSSR count). The van der Waals surface area contributed by atoms with Gasteiger partial charge in [0.15, 0.2) is 0 Å². The van der Waals surface area contributed by atoms with Crippen LogP contribution in [0, 0.1) is 0 Å². The van der Waals surface area contributed by atoms with Gasteiger partial charge in [-0.25, -0.2) is 0 Å². The highest BCUT2D eigenvalue weighted by Crippen LogP contribution is 2.24. The van der Waals surface area contributed by atoms with E-state index in [4.69, 9.17) is 0 Å². The van der Waals surface area contributed by atoms with Crippen molar-refractivity contribution in [3.05, 3.63) is 65.0 Å². The summed E-state index contributed by atoms with van der Waals surface area (Å²) in [6.45, 7) is 7.44. The fourth-order valence-electron chi connectivity index (χ4n) is 2.53. The van der Waals surface area contributed by atoms with Crippen molar-refractivity contribution in [3.63, 3.8) is 0 Å². The molecule has 0 saturated heterocycles. The van der Waals surface area contributed by atoms with E-state index in [1.807, 2.05) is 12.3 Å². The van der Waals surface area contributed by atoms with E-state index in [1.165, 1.54) is 16.7 Å². The van der Waals surface area contributed by atoms with E-state index in [2.05, 4.69) is 61.4 Å². The number of nitrogens with zero attached hydrogens (tertiary/aromatic N) is 1. The van der Waals surface area contributed by atoms with Gasteiger partial charge in [-0.05, 0) is 42.1 Å². The molecule has 0 aliphatic rings. The Bertz CT molecular complexity index is 531. The van der Waals surface area contributed by atoms with Crippen LogP contribution in [0.4, 0.5) is 0 Å². The van der Waals surface area contributed by atoms with Gasteiger partial charge in [-0.1, -0.05) is 51.1 Å². The van der Waals surface area contributed by atoms with Gasteiger partial charge in [0.1, 0.15) is 0 Å². The van der Waals surface area contributed by atoms with Crippen LogP contribution < -0.4 is 5.32 Å². The molecule has 2 heteroatoms. The van der Waals surface area contributed by atoms with E-state index < -0.39 is 0 Å². The molecule has 0 bridgehead atoms. The summed E-state index contributed by atoms with van der Waals surface area (Å²) in [5.74, 6) is 0. The van der Waals surface area contributed by atoms with E-state index in [0.717, 1.165) is 25.1 Å². The predicted octanol–water partition coefficient (Wildman–Crippen LogP) is 3.91. The summed E-state index contributed by atoms with van der Waals surface area (Å²) in [6, 6.07) is 13.3. The topological polar surface area (TPSA) is 24.9 Å². The first-order chi connectivity index (χ1) is 9.80. The summed E-state index contributed by atoms with van der Waals surface area (Å²) in [7, 11) is 0. The standard InChI is InChI=1S/C18H24N2/c1-4-14-9-11-16(12-10-14)18(19-6-3)17-15(5-2)8-7-13-20-17/h7-13,18-19H,4-6H2,1-3H3. The van der Waals surface area contributed by atoms with Gasteiger partial charge in [0, 0.05) is 6.20 Å². The van der Waals surface area contributed by atoms with Gasteiger partial charge >= 0.3 is 0 Å². The number of aromatic nitrogens is 1. The lowest BCUT2D eigenvalue weighted by Crippen LogP contribution is -2.24. The monoisotopic (exact) mass is 268 g/mol. The first-order valence-electron chi connectivity index (χ1n) is 7.56. The molecule has 20 heavy (non-hydrogen) atoms. The third-order valence-electron chi connectivity index (χ3n) is 3.71. The number of nitrogens with one attached hydrogen (secondary N) is 1. The Labute approximate surface area is 122 Å². The Morgan fingerprint density at radius 1 is 1.00 bits per heavy atom. The van der Waals surface area contributed by atoms with Crippen LogP contribution in [0.3, 0.4) is 0 Å². The zero-order valence-electron chi connectivity index (χ0n) is 12.7. The molecule has 2 aromatic rings. The summed E-state index contributed by atoms with van der Waals surface area (Å²) >= 11 is 0. The van der Waals surface area contributed by atoms with Crippen LogP contribution in [0.15, 0.2) is 42.6 Å². The quantitative estimate of drug-likeness (QED) is 0.859. The molecule has 0 aliphatic heterocycles. The molecule has 1 N–H and O–H groups in total. The van der Waals surface area contributed by atoms with Crippen molar-refractivity contribution >= 4 is 0 Å². The largest absolute Gasteiger partial charge is 0.305 e. The number of benzene rings is 1. The molecule has 1 heterocycles. The van der Waals surface area contributed by atoms with Gasteiger partial charge < -0.3 is 5.32 Å². The van der Waals surface area contributed by atoms with E-state index in [1.54, 1.807) is 0 Å². The zero-order chi connectivity index (χ0) is 14.4. The number of rotatable bonds is 6. The maximum Gasteiger partial charge on any atom is 0.0754 e. The summed E-state index contributed by atoms with van der Waals surface area (Å²) in [6.07, 6.45) is 3.98. The molecule has 0 fully saturated rings. The second-order valence-electron chi connectivity index (χ2n) is 4.99. The third kappa shape index (κ3) is 3.26. The molecule has 0 amide bonds. The van der Waals surface area contributed by atoms with Gasteiger partial charge in [-0.15, -0.1) is 0 Å². The second-order valence-corrected chi connectivity index (χ2v) is 4.99. The van der Waals surface area contributed by atoms with Gasteiger partial charge in [0.05, 0.1) is 11.7 Å². The highest BCUT2D eigenvalue weighted by molar-refractivity contribution is 5.34. The van der Waals surface area contributed by atoms with Gasteiger partial charge in [0.25, 0.3) is 0 Å². The minimum absolute atomic E-state index is 0.182. The summed E-state index contributed by atoms with van der Waals surface area (Å²) in [5, 5.41) is 3.56. The Morgan fingerprint density at radius 2 is 1.75 bits per heavy atom. The maximum atomic E-state index is 4.62. The number of pyridine rings is 1. The van der Waals surface area contributed by atoms with E-state index in [-0.39, 0.29) is 6.04 Å². The lowest BCUT2D eigenvalue weighted by Gasteiger charge is -2.20. The first kappa shape index (κ1) is 14.7. The highest BCUT2D eigenvalue weighted by Gasteiger charge is 2.17. The minimum atomic E-state index is 0.182. The zero-order valence-corrected chi connectivity index (χ0v) is 12.7. The van der Waals surface area contributed by atoms with Crippen molar-refractivity contribution in [2.45, 2.75) is 39.7 Å². The highest BCUT2D eigenvalue weighted by atomic mass is 14.9. The van der Waals surface area contributed by atoms with Gasteiger partial charge in [-0.2, -0.15) is 0 Å². The Hall–Kier alpha value is -1.67. The van der Waals surface area contributed by atoms with E-state index in [9.17, 15) is 0 Å². The van der Waals surface area contributed by atoms with Gasteiger partial charge in [-0.3, -0.25) is 4.98 Å². The Balaban J connectivity index is 2.39. The smallest absolute Gasteiger partial charge is 0.0754 e. The van der Waals surface area contributed by atoms with Crippen molar-refractivity contribution in [1.29, 1.82) is 0 Å². The molecule has 0 saturated carbocycles. The van der Waals surface area contributed by atoms with Crippen LogP contribution in [-0.4, -0.2) is 11.5 Å². The average molecular weight is 268 g/mol. The Morgan fingerprint density at radius 3 is 2.35 bits per heavy atom. The fourth-order valence-corrected chi connectivity index (χ4v) is 2.53. The fraction of sp³-hybridized carbons (Fsp3) is 0.389. The van der Waals surface area contributed by atoms with Crippen LogP contribution in [0.25, 0.3) is 0 Å². The second kappa shape index (κ2) is 7.20. The van der Waals surface area contributed by atoms with Crippen LogP contribution in [0.1, 0.15) is 49.2 Å². The molecule has 1 atom stereocenters. The summed E-state index contributed by atoms with van der Waals surface area (Å²) < 4.78 is 0. The van der Waals surface area contributed by atoms with Crippen molar-refractivity contribution < 1.29 is 0 Å². The van der Waals surface area contributed by atoms with Crippen molar-refractivity contribution in [1.82, 2.24) is 10.3 Å². The molecule has 0 spiro atoms. The van der Waals surface area contributed by atoms with Crippen LogP contribution in [0.5, 0.6) is 0 Å². The lowest BCUT2D eigenvalue weighted by molar-refractivity contribution is 0.609. The van der Waals surface area contributed by atoms with Crippen molar-refractivity contribution in [2.24, 2.45) is 0 Å². The third-order valence-corrected chi connectivity index (χ3v) is 3.71. The molecular formula is C18H24N2. The van der Waals surface area contributed by atoms with Crippen molar-refractivity contribution in [3.8, 4) is 0 Å². The SMILES string of the molecule is CCNC(c1ccc(CC)cc1)c1ncccc1CC. The number of hydrogen-bond donors (Lipinski definition) is 1. The molecule has 1 aromatic carbocycles. The van der Waals surface area contributed by atoms with Crippen LogP contribution >= 0.6 is 0 Å². The molecule has 1 aromatic heterocycles. The van der Waals surface area contributed by atoms with Crippen LogP contribution in [0.2, 0.25) is 0 Å². The lowest BCUT2D eigenvalue weighted by atomic mass is 9.97. The first-order valence-corrected chi connectivity index (χ1v) is 7.56. The molecule has 2 nitrogen and oxygen atoms in total. The normalized spacial score (nSPS) is 12.3. The molecular weight excluding hydrogens is 244 g/mol. The Kier molecular flexibility index (Phi) is 5.31. The van der Waals surface area contributed by atoms with Gasteiger partial charge in [0.2, 0.25) is 0 Å². The maximum absolute atomic E-state index is 4.62. The molecule has 106 valence electrons. The van der Waals surface area contributed by atoms with E-state index >= 15 is 0 Å². The summed E-state index contributed by atoms with van der Waals surface area (Å²) in [5.41, 5.74) is 5.14. The van der Waals surface area contributed by atoms with Crippen molar-refractivity contribution in [2.75, 3.05) is 6.54 Å². The number of hydrogen-bond acceptors (Lipinski definition) is 2. The predicted molar refractivity (Wildman–Crippen MR) is 85.0 cm³/mol. The number of aryl methyl sites for hydroxylation is 2. The average Bonchev–Trinajstić information content (AvgIpc) is 2.53.